The van der Waals surface area contributed by atoms with Crippen molar-refractivity contribution in [3.8, 4) is 0 Å². The second-order valence-electron chi connectivity index (χ2n) is 6.49. The first-order chi connectivity index (χ1) is 10.4. The number of halogens is 2. The maximum atomic E-state index is 9.67. The maximum absolute atomic E-state index is 9.67. The molecular weight excluding hydrogens is 317 g/mol. The fraction of sp³-hybridized carbons (Fsp3) is 0.556. The Hall–Kier alpha value is -0.540. The van der Waals surface area contributed by atoms with Crippen LogP contribution in [0, 0.1) is 5.92 Å². The van der Waals surface area contributed by atoms with Crippen LogP contribution in [0.5, 0.6) is 0 Å². The van der Waals surface area contributed by atoms with Crippen molar-refractivity contribution < 1.29 is 5.11 Å². The molecular formula is C18H25Cl2NO. The molecule has 0 amide bonds. The van der Waals surface area contributed by atoms with Gasteiger partial charge < -0.3 is 10.0 Å². The molecule has 122 valence electrons. The van der Waals surface area contributed by atoms with Gasteiger partial charge in [-0.05, 0) is 36.5 Å². The normalized spacial score (nSPS) is 18.6. The Morgan fingerprint density at radius 3 is 2.45 bits per heavy atom. The Morgan fingerprint density at radius 2 is 1.91 bits per heavy atom. The van der Waals surface area contributed by atoms with Crippen LogP contribution in [0.2, 0.25) is 10.0 Å². The molecule has 0 unspecified atom stereocenters. The van der Waals surface area contributed by atoms with Gasteiger partial charge in [-0.15, -0.1) is 0 Å². The zero-order valence-electron chi connectivity index (χ0n) is 13.4. The minimum Gasteiger partial charge on any atom is -0.393 e. The topological polar surface area (TPSA) is 23.5 Å². The van der Waals surface area contributed by atoms with E-state index in [-0.39, 0.29) is 12.0 Å². The average Bonchev–Trinajstić information content (AvgIpc) is 2.49. The summed E-state index contributed by atoms with van der Waals surface area (Å²) in [6.07, 6.45) is 1.55. The van der Waals surface area contributed by atoms with Gasteiger partial charge in [0.05, 0.1) is 16.1 Å². The summed E-state index contributed by atoms with van der Waals surface area (Å²) in [5.74, 6) is 0.653. The summed E-state index contributed by atoms with van der Waals surface area (Å²) in [5.41, 5.74) is 2.38. The number of aliphatic hydroxyl groups is 1. The van der Waals surface area contributed by atoms with Crippen molar-refractivity contribution in [2.75, 3.05) is 19.6 Å². The minimum absolute atomic E-state index is 0.145. The fourth-order valence-corrected chi connectivity index (χ4v) is 3.23. The molecule has 1 fully saturated rings. The molecule has 2 rings (SSSR count). The van der Waals surface area contributed by atoms with Crippen LogP contribution >= 0.6 is 23.2 Å². The Labute approximate surface area is 143 Å². The Kier molecular flexibility index (Phi) is 6.34. The summed E-state index contributed by atoms with van der Waals surface area (Å²) in [5, 5.41) is 10.8. The zero-order valence-corrected chi connectivity index (χ0v) is 14.9. The second-order valence-corrected chi connectivity index (χ2v) is 7.30. The molecule has 1 aromatic carbocycles. The first-order valence-corrected chi connectivity index (χ1v) is 8.68. The van der Waals surface area contributed by atoms with Gasteiger partial charge in [0.15, 0.2) is 0 Å². The Balaban J connectivity index is 2.19. The molecule has 1 atom stereocenters. The molecule has 1 saturated heterocycles. The van der Waals surface area contributed by atoms with Gasteiger partial charge in [0.25, 0.3) is 0 Å². The van der Waals surface area contributed by atoms with E-state index in [4.69, 9.17) is 23.2 Å². The van der Waals surface area contributed by atoms with Gasteiger partial charge in [0.2, 0.25) is 0 Å². The molecule has 0 saturated carbocycles. The number of benzene rings is 1. The van der Waals surface area contributed by atoms with Crippen molar-refractivity contribution in [3.63, 3.8) is 0 Å². The van der Waals surface area contributed by atoms with Crippen molar-refractivity contribution in [1.82, 2.24) is 4.90 Å². The van der Waals surface area contributed by atoms with E-state index in [0.717, 1.165) is 32.5 Å². The summed E-state index contributed by atoms with van der Waals surface area (Å²) in [4.78, 5) is 2.41. The van der Waals surface area contributed by atoms with Crippen LogP contribution in [-0.2, 0) is 0 Å². The first kappa shape index (κ1) is 17.8. The van der Waals surface area contributed by atoms with Gasteiger partial charge in [-0.25, -0.2) is 0 Å². The van der Waals surface area contributed by atoms with Crippen LogP contribution in [0.15, 0.2) is 30.4 Å². The summed E-state index contributed by atoms with van der Waals surface area (Å²) in [6, 6.07) is 5.87. The Bertz CT molecular complexity index is 522. The summed E-state index contributed by atoms with van der Waals surface area (Å²) in [7, 11) is 0. The standard InChI is InChI=1S/C18H25Cl2NO/c1-12(2)13(3)16(11-21-8-6-15(22)7-9-21)14-4-5-17(19)18(20)10-14/h4-5,10,12,15-16,22H,3,6-9,11H2,1-2H3/t16-/m1/s1. The fourth-order valence-electron chi connectivity index (χ4n) is 2.93. The van der Waals surface area contributed by atoms with Gasteiger partial charge in [-0.1, -0.05) is 55.3 Å². The highest BCUT2D eigenvalue weighted by Crippen LogP contribution is 2.33. The number of nitrogens with zero attached hydrogens (tertiary/aromatic N) is 1. The molecule has 0 aliphatic carbocycles. The van der Waals surface area contributed by atoms with E-state index in [1.807, 2.05) is 18.2 Å². The van der Waals surface area contributed by atoms with Crippen LogP contribution in [0.3, 0.4) is 0 Å². The van der Waals surface area contributed by atoms with E-state index in [9.17, 15) is 5.11 Å². The lowest BCUT2D eigenvalue weighted by Gasteiger charge is -2.34. The van der Waals surface area contributed by atoms with Crippen LogP contribution in [0.25, 0.3) is 0 Å². The highest BCUT2D eigenvalue weighted by Gasteiger charge is 2.24. The third kappa shape index (κ3) is 4.48. The lowest BCUT2D eigenvalue weighted by molar-refractivity contribution is 0.0807. The molecule has 1 N–H and O–H groups in total. The van der Waals surface area contributed by atoms with Crippen LogP contribution in [-0.4, -0.2) is 35.7 Å². The van der Waals surface area contributed by atoms with E-state index in [1.54, 1.807) is 0 Å². The number of likely N-dealkylation sites (tertiary alicyclic amines) is 1. The van der Waals surface area contributed by atoms with E-state index in [2.05, 4.69) is 25.3 Å². The molecule has 0 aromatic heterocycles. The van der Waals surface area contributed by atoms with Gasteiger partial charge in [0.1, 0.15) is 0 Å². The summed E-state index contributed by atoms with van der Waals surface area (Å²) in [6.45, 7) is 11.4. The van der Waals surface area contributed by atoms with E-state index in [1.165, 1.54) is 11.1 Å². The molecule has 0 bridgehead atoms. The highest BCUT2D eigenvalue weighted by atomic mass is 35.5. The molecule has 0 spiro atoms. The predicted molar refractivity (Wildman–Crippen MR) is 94.9 cm³/mol. The lowest BCUT2D eigenvalue weighted by Crippen LogP contribution is -2.38. The predicted octanol–water partition coefficient (Wildman–Crippen LogP) is 4.75. The smallest absolute Gasteiger partial charge is 0.0595 e. The van der Waals surface area contributed by atoms with Crippen molar-refractivity contribution in [2.24, 2.45) is 5.92 Å². The number of rotatable bonds is 5. The quantitative estimate of drug-likeness (QED) is 0.781. The molecule has 22 heavy (non-hydrogen) atoms. The molecule has 1 heterocycles. The average molecular weight is 342 g/mol. The minimum atomic E-state index is -0.145. The molecule has 1 aliphatic rings. The van der Waals surface area contributed by atoms with Crippen LogP contribution < -0.4 is 0 Å². The Morgan fingerprint density at radius 1 is 1.27 bits per heavy atom. The van der Waals surface area contributed by atoms with Crippen molar-refractivity contribution >= 4 is 23.2 Å². The molecule has 0 radical (unpaired) electrons. The maximum Gasteiger partial charge on any atom is 0.0595 e. The monoisotopic (exact) mass is 341 g/mol. The van der Waals surface area contributed by atoms with Gasteiger partial charge in [-0.2, -0.15) is 0 Å². The zero-order chi connectivity index (χ0) is 16.3. The van der Waals surface area contributed by atoms with Gasteiger partial charge in [0, 0.05) is 25.6 Å². The molecule has 2 nitrogen and oxygen atoms in total. The number of aliphatic hydroxyl groups excluding tert-OH is 1. The summed E-state index contributed by atoms with van der Waals surface area (Å²) >= 11 is 12.2. The molecule has 1 aromatic rings. The summed E-state index contributed by atoms with van der Waals surface area (Å²) < 4.78 is 0. The molecule has 1 aliphatic heterocycles. The second kappa shape index (κ2) is 7.83. The third-order valence-corrected chi connectivity index (χ3v) is 5.27. The van der Waals surface area contributed by atoms with E-state index < -0.39 is 0 Å². The number of hydrogen-bond donors (Lipinski definition) is 1. The largest absolute Gasteiger partial charge is 0.393 e. The van der Waals surface area contributed by atoms with Crippen molar-refractivity contribution in [3.05, 3.63) is 46.0 Å². The van der Waals surface area contributed by atoms with Crippen LogP contribution in [0.1, 0.15) is 38.2 Å². The van der Waals surface area contributed by atoms with Gasteiger partial charge in [-0.3, -0.25) is 0 Å². The van der Waals surface area contributed by atoms with Crippen LogP contribution in [0.4, 0.5) is 0 Å². The first-order valence-electron chi connectivity index (χ1n) is 7.92. The molecule has 4 heteroatoms. The highest BCUT2D eigenvalue weighted by molar-refractivity contribution is 6.42. The van der Waals surface area contributed by atoms with Gasteiger partial charge >= 0.3 is 0 Å². The number of hydrogen-bond acceptors (Lipinski definition) is 2. The van der Waals surface area contributed by atoms with Crippen molar-refractivity contribution in [2.45, 2.75) is 38.7 Å². The van der Waals surface area contributed by atoms with E-state index >= 15 is 0 Å². The number of piperidine rings is 1. The SMILES string of the molecule is C=C(C(C)C)[C@@H](CN1CCC(O)CC1)c1ccc(Cl)c(Cl)c1. The third-order valence-electron chi connectivity index (χ3n) is 4.53. The van der Waals surface area contributed by atoms with Crippen molar-refractivity contribution in [1.29, 1.82) is 0 Å². The lowest BCUT2D eigenvalue weighted by atomic mass is 9.85. The van der Waals surface area contributed by atoms with E-state index in [0.29, 0.717) is 16.0 Å².